The van der Waals surface area contributed by atoms with Gasteiger partial charge in [0.15, 0.2) is 0 Å². The van der Waals surface area contributed by atoms with Crippen LogP contribution in [0, 0.1) is 5.92 Å². The van der Waals surface area contributed by atoms with Crippen LogP contribution < -0.4 is 11.1 Å². The normalized spacial score (nSPS) is 12.2. The van der Waals surface area contributed by atoms with Gasteiger partial charge in [0.05, 0.1) is 17.3 Å². The molecule has 0 aliphatic heterocycles. The second-order valence-electron chi connectivity index (χ2n) is 4.30. The third kappa shape index (κ3) is 3.21. The topological polar surface area (TPSA) is 113 Å². The lowest BCUT2D eigenvalue weighted by molar-refractivity contribution is -0.118. The summed E-state index contributed by atoms with van der Waals surface area (Å²) >= 11 is 0. The number of carboxylic acid groups (broad SMARTS) is 1. The average molecular weight is 252 g/mol. The van der Waals surface area contributed by atoms with E-state index in [1.54, 1.807) is 13.8 Å². The molecule has 0 aliphatic rings. The second-order valence-corrected chi connectivity index (χ2v) is 4.30. The van der Waals surface area contributed by atoms with E-state index in [0.717, 1.165) is 0 Å². The number of hydrogen-bond acceptors (Lipinski definition) is 4. The zero-order valence-electron chi connectivity index (χ0n) is 10.2. The van der Waals surface area contributed by atoms with Crippen LogP contribution in [0.25, 0.3) is 0 Å². The molecule has 0 unspecified atom stereocenters. The van der Waals surface area contributed by atoms with Crippen LogP contribution in [0.2, 0.25) is 0 Å². The molecule has 98 valence electrons. The lowest BCUT2D eigenvalue weighted by Crippen LogP contribution is -2.39. The Balaban J connectivity index is 2.93. The van der Waals surface area contributed by atoms with Crippen LogP contribution in [0.3, 0.4) is 0 Å². The molecule has 0 aromatic heterocycles. The number of phenolic OH excluding ortho intramolecular Hbond substituents is 1. The number of anilines is 1. The molecule has 0 heterocycles. The van der Waals surface area contributed by atoms with Crippen molar-refractivity contribution in [3.8, 4) is 5.75 Å². The van der Waals surface area contributed by atoms with Gasteiger partial charge in [-0.2, -0.15) is 0 Å². The molecular formula is C12H16N2O4. The largest absolute Gasteiger partial charge is 0.506 e. The van der Waals surface area contributed by atoms with Crippen LogP contribution in [0.5, 0.6) is 5.75 Å². The molecule has 1 atom stereocenters. The molecule has 1 aromatic carbocycles. The molecule has 18 heavy (non-hydrogen) atoms. The van der Waals surface area contributed by atoms with E-state index in [1.165, 1.54) is 18.2 Å². The Hall–Kier alpha value is -2.08. The van der Waals surface area contributed by atoms with Gasteiger partial charge in [0, 0.05) is 0 Å². The monoisotopic (exact) mass is 252 g/mol. The summed E-state index contributed by atoms with van der Waals surface area (Å²) in [4.78, 5) is 22.5. The van der Waals surface area contributed by atoms with Gasteiger partial charge in [-0.3, -0.25) is 4.79 Å². The summed E-state index contributed by atoms with van der Waals surface area (Å²) in [6.07, 6.45) is 0. The molecule has 0 fully saturated rings. The summed E-state index contributed by atoms with van der Waals surface area (Å²) in [6.45, 7) is 3.58. The van der Waals surface area contributed by atoms with E-state index in [4.69, 9.17) is 10.8 Å². The van der Waals surface area contributed by atoms with Crippen molar-refractivity contribution >= 4 is 17.6 Å². The number of aromatic hydroxyl groups is 1. The minimum absolute atomic E-state index is 0.0266. The van der Waals surface area contributed by atoms with E-state index < -0.39 is 17.9 Å². The minimum atomic E-state index is -1.14. The predicted octanol–water partition coefficient (Wildman–Crippen LogP) is 1.01. The van der Waals surface area contributed by atoms with E-state index >= 15 is 0 Å². The lowest BCUT2D eigenvalue weighted by atomic mass is 10.0. The maximum Gasteiger partial charge on any atom is 0.335 e. The molecular weight excluding hydrogens is 236 g/mol. The first-order valence-corrected chi connectivity index (χ1v) is 5.45. The smallest absolute Gasteiger partial charge is 0.335 e. The second kappa shape index (κ2) is 5.50. The van der Waals surface area contributed by atoms with Crippen LogP contribution >= 0.6 is 0 Å². The molecule has 6 heteroatoms. The van der Waals surface area contributed by atoms with Crippen LogP contribution in [0.15, 0.2) is 18.2 Å². The highest BCUT2D eigenvalue weighted by Gasteiger charge is 2.19. The number of nitrogens with two attached hydrogens (primary N) is 1. The van der Waals surface area contributed by atoms with Crippen LogP contribution in [-0.4, -0.2) is 28.1 Å². The Morgan fingerprint density at radius 3 is 2.44 bits per heavy atom. The summed E-state index contributed by atoms with van der Waals surface area (Å²) in [5.41, 5.74) is 5.66. The lowest BCUT2D eigenvalue weighted by Gasteiger charge is -2.16. The Kier molecular flexibility index (Phi) is 4.28. The molecule has 0 aliphatic carbocycles. The van der Waals surface area contributed by atoms with E-state index in [-0.39, 0.29) is 22.9 Å². The molecule has 1 aromatic rings. The number of amides is 1. The summed E-state index contributed by atoms with van der Waals surface area (Å²) in [5.74, 6) is -1.87. The quantitative estimate of drug-likeness (QED) is 0.597. The molecule has 1 rings (SSSR count). The van der Waals surface area contributed by atoms with Crippen molar-refractivity contribution in [1.29, 1.82) is 0 Å². The molecule has 6 nitrogen and oxygen atoms in total. The average Bonchev–Trinajstić information content (AvgIpc) is 2.30. The van der Waals surface area contributed by atoms with Gasteiger partial charge >= 0.3 is 5.97 Å². The number of carboxylic acids is 1. The van der Waals surface area contributed by atoms with Crippen molar-refractivity contribution < 1.29 is 19.8 Å². The number of hydrogen-bond donors (Lipinski definition) is 4. The van der Waals surface area contributed by atoms with Crippen molar-refractivity contribution in [3.63, 3.8) is 0 Å². The standard InChI is InChI=1S/C12H16N2O4/c1-6(2)10(13)11(16)14-8-5-7(12(17)18)3-4-9(8)15/h3-6,10,15H,13H2,1-2H3,(H,14,16)(H,17,18)/t10-/m1/s1. The van der Waals surface area contributed by atoms with Crippen molar-refractivity contribution in [2.45, 2.75) is 19.9 Å². The Bertz CT molecular complexity index is 471. The molecule has 0 saturated heterocycles. The highest BCUT2D eigenvalue weighted by Crippen LogP contribution is 2.24. The van der Waals surface area contributed by atoms with E-state index in [9.17, 15) is 14.7 Å². The SMILES string of the molecule is CC(C)[C@@H](N)C(=O)Nc1cc(C(=O)O)ccc1O. The van der Waals surface area contributed by atoms with Crippen molar-refractivity contribution in [3.05, 3.63) is 23.8 Å². The number of carbonyl (C=O) groups is 2. The highest BCUT2D eigenvalue weighted by atomic mass is 16.4. The van der Waals surface area contributed by atoms with Crippen LogP contribution in [0.4, 0.5) is 5.69 Å². The first-order chi connectivity index (χ1) is 8.32. The maximum atomic E-state index is 11.7. The van der Waals surface area contributed by atoms with Crippen molar-refractivity contribution in [2.75, 3.05) is 5.32 Å². The Labute approximate surface area is 104 Å². The van der Waals surface area contributed by atoms with Gasteiger partial charge in [0.25, 0.3) is 0 Å². The van der Waals surface area contributed by atoms with Gasteiger partial charge in [-0.05, 0) is 24.1 Å². The molecule has 5 N–H and O–H groups in total. The summed E-state index contributed by atoms with van der Waals surface area (Å²) in [6, 6.07) is 2.91. The third-order valence-electron chi connectivity index (χ3n) is 2.52. The van der Waals surface area contributed by atoms with Crippen molar-refractivity contribution in [1.82, 2.24) is 0 Å². The van der Waals surface area contributed by atoms with Gasteiger partial charge in [-0.1, -0.05) is 13.8 Å². The van der Waals surface area contributed by atoms with Gasteiger partial charge in [0.1, 0.15) is 5.75 Å². The minimum Gasteiger partial charge on any atom is -0.506 e. The Morgan fingerprint density at radius 1 is 1.33 bits per heavy atom. The van der Waals surface area contributed by atoms with Gasteiger partial charge < -0.3 is 21.3 Å². The van der Waals surface area contributed by atoms with E-state index in [2.05, 4.69) is 5.32 Å². The zero-order chi connectivity index (χ0) is 13.9. The fourth-order valence-electron chi connectivity index (χ4n) is 1.29. The molecule has 0 spiro atoms. The molecule has 0 saturated carbocycles. The third-order valence-corrected chi connectivity index (χ3v) is 2.52. The first-order valence-electron chi connectivity index (χ1n) is 5.45. The fraction of sp³-hybridized carbons (Fsp3) is 0.333. The molecule has 1 amide bonds. The Morgan fingerprint density at radius 2 is 1.94 bits per heavy atom. The number of rotatable bonds is 4. The number of aromatic carboxylic acids is 1. The first kappa shape index (κ1) is 14.0. The predicted molar refractivity (Wildman–Crippen MR) is 66.5 cm³/mol. The zero-order valence-corrected chi connectivity index (χ0v) is 10.2. The van der Waals surface area contributed by atoms with Crippen molar-refractivity contribution in [2.24, 2.45) is 11.7 Å². The van der Waals surface area contributed by atoms with Crippen LogP contribution in [0.1, 0.15) is 24.2 Å². The summed E-state index contributed by atoms with van der Waals surface area (Å²) in [5, 5.41) is 20.8. The van der Waals surface area contributed by atoms with Crippen LogP contribution in [-0.2, 0) is 4.79 Å². The number of benzene rings is 1. The summed E-state index contributed by atoms with van der Waals surface area (Å²) < 4.78 is 0. The van der Waals surface area contributed by atoms with E-state index in [0.29, 0.717) is 0 Å². The number of phenols is 1. The highest BCUT2D eigenvalue weighted by molar-refractivity contribution is 5.98. The van der Waals surface area contributed by atoms with Gasteiger partial charge in [-0.25, -0.2) is 4.79 Å². The molecule has 0 radical (unpaired) electrons. The number of nitrogens with one attached hydrogen (secondary N) is 1. The van der Waals surface area contributed by atoms with E-state index in [1.807, 2.05) is 0 Å². The summed E-state index contributed by atoms with van der Waals surface area (Å²) in [7, 11) is 0. The van der Waals surface area contributed by atoms with Gasteiger partial charge in [0.2, 0.25) is 5.91 Å². The maximum absolute atomic E-state index is 11.7. The van der Waals surface area contributed by atoms with Gasteiger partial charge in [-0.15, -0.1) is 0 Å². The molecule has 0 bridgehead atoms. The number of carbonyl (C=O) groups excluding carboxylic acids is 1. The fourth-order valence-corrected chi connectivity index (χ4v) is 1.29.